The lowest BCUT2D eigenvalue weighted by atomic mass is 9.96. The molecule has 0 saturated carbocycles. The topological polar surface area (TPSA) is 21.1 Å². The van der Waals surface area contributed by atoms with Crippen molar-refractivity contribution in [3.8, 4) is 0 Å². The summed E-state index contributed by atoms with van der Waals surface area (Å²) in [6.45, 7) is 9.48. The van der Waals surface area contributed by atoms with E-state index >= 15 is 0 Å². The smallest absolute Gasteiger partial charge is 0.110 e. The predicted octanol–water partition coefficient (Wildman–Crippen LogP) is 3.27. The second kappa shape index (κ2) is 5.88. The van der Waals surface area contributed by atoms with Crippen LogP contribution in [-0.2, 0) is 19.4 Å². The molecule has 0 bridgehead atoms. The molecule has 0 spiro atoms. The maximum absolute atomic E-state index is 4.76. The van der Waals surface area contributed by atoms with Crippen molar-refractivity contribution >= 4 is 0 Å². The van der Waals surface area contributed by atoms with Crippen molar-refractivity contribution in [2.75, 3.05) is 6.54 Å². The lowest BCUT2D eigenvalue weighted by Gasteiger charge is -2.38. The number of rotatable bonds is 3. The van der Waals surface area contributed by atoms with E-state index < -0.39 is 0 Å². The lowest BCUT2D eigenvalue weighted by molar-refractivity contribution is 0.109. The third-order valence-corrected chi connectivity index (χ3v) is 5.18. The maximum atomic E-state index is 4.76. The van der Waals surface area contributed by atoms with Crippen molar-refractivity contribution in [2.24, 2.45) is 5.92 Å². The van der Waals surface area contributed by atoms with Gasteiger partial charge in [0.25, 0.3) is 0 Å². The number of piperidine rings is 1. The molecule has 1 aromatic heterocycles. The molecule has 112 valence electrons. The van der Waals surface area contributed by atoms with Gasteiger partial charge in [-0.25, -0.2) is 4.98 Å². The summed E-state index contributed by atoms with van der Waals surface area (Å²) in [5.41, 5.74) is 1.46. The van der Waals surface area contributed by atoms with Crippen LogP contribution in [0.3, 0.4) is 0 Å². The molecule has 1 aromatic rings. The highest BCUT2D eigenvalue weighted by Crippen LogP contribution is 2.26. The van der Waals surface area contributed by atoms with Crippen LogP contribution in [-0.4, -0.2) is 33.1 Å². The van der Waals surface area contributed by atoms with Gasteiger partial charge in [0.15, 0.2) is 0 Å². The molecular weight excluding hydrogens is 246 g/mol. The Morgan fingerprint density at radius 3 is 2.90 bits per heavy atom. The molecule has 2 aliphatic heterocycles. The van der Waals surface area contributed by atoms with Crippen LogP contribution in [0.15, 0.2) is 6.20 Å². The first-order valence-electron chi connectivity index (χ1n) is 8.44. The van der Waals surface area contributed by atoms with Gasteiger partial charge in [0.2, 0.25) is 0 Å². The van der Waals surface area contributed by atoms with Crippen LogP contribution < -0.4 is 0 Å². The Bertz CT molecular complexity index is 449. The third-order valence-electron chi connectivity index (χ3n) is 5.18. The molecule has 3 heteroatoms. The number of aromatic nitrogens is 2. The molecule has 0 amide bonds. The van der Waals surface area contributed by atoms with Crippen LogP contribution in [0.2, 0.25) is 0 Å². The molecule has 0 N–H and O–H groups in total. The van der Waals surface area contributed by atoms with E-state index in [1.807, 2.05) is 0 Å². The van der Waals surface area contributed by atoms with E-state index in [4.69, 9.17) is 4.98 Å². The minimum absolute atomic E-state index is 0.663. The van der Waals surface area contributed by atoms with Gasteiger partial charge in [-0.3, -0.25) is 4.90 Å². The fourth-order valence-electron chi connectivity index (χ4n) is 3.99. The number of fused-ring (bicyclic) bond motifs is 1. The van der Waals surface area contributed by atoms with Gasteiger partial charge >= 0.3 is 0 Å². The molecule has 3 rings (SSSR count). The monoisotopic (exact) mass is 275 g/mol. The molecule has 3 nitrogen and oxygen atoms in total. The molecule has 2 atom stereocenters. The molecule has 1 fully saturated rings. The Hall–Kier alpha value is -0.830. The Morgan fingerprint density at radius 2 is 2.10 bits per heavy atom. The molecule has 20 heavy (non-hydrogen) atoms. The summed E-state index contributed by atoms with van der Waals surface area (Å²) in [5.74, 6) is 2.17. The third kappa shape index (κ3) is 2.78. The molecule has 0 aliphatic carbocycles. The Balaban J connectivity index is 1.74. The summed E-state index contributed by atoms with van der Waals surface area (Å²) in [7, 11) is 0. The molecule has 0 radical (unpaired) electrons. The van der Waals surface area contributed by atoms with E-state index in [1.165, 1.54) is 56.7 Å². The fraction of sp³-hybridized carbons (Fsp3) is 0.824. The zero-order valence-corrected chi connectivity index (χ0v) is 13.3. The summed E-state index contributed by atoms with van der Waals surface area (Å²) in [4.78, 5) is 7.45. The standard InChI is InChI=1S/C17H29N3/c1-13(2)19-8-5-4-6-15(19)11-17-18-12-16-10-14(3)7-9-20(16)17/h12-15H,4-11H2,1-3H3. The van der Waals surface area contributed by atoms with Gasteiger partial charge in [-0.2, -0.15) is 0 Å². The predicted molar refractivity (Wildman–Crippen MR) is 82.9 cm³/mol. The molecule has 3 heterocycles. The van der Waals surface area contributed by atoms with Gasteiger partial charge in [0, 0.05) is 36.9 Å². The van der Waals surface area contributed by atoms with Crippen molar-refractivity contribution in [1.82, 2.24) is 14.5 Å². The summed E-state index contributed by atoms with van der Waals surface area (Å²) < 4.78 is 2.51. The summed E-state index contributed by atoms with van der Waals surface area (Å²) in [6, 6.07) is 1.37. The zero-order chi connectivity index (χ0) is 14.1. The van der Waals surface area contributed by atoms with E-state index in [0.717, 1.165) is 12.3 Å². The van der Waals surface area contributed by atoms with Crippen molar-refractivity contribution in [3.05, 3.63) is 17.7 Å². The lowest BCUT2D eigenvalue weighted by Crippen LogP contribution is -2.45. The fourth-order valence-corrected chi connectivity index (χ4v) is 3.99. The molecule has 2 unspecified atom stereocenters. The number of hydrogen-bond donors (Lipinski definition) is 0. The second-order valence-electron chi connectivity index (χ2n) is 7.10. The van der Waals surface area contributed by atoms with Gasteiger partial charge in [-0.05, 0) is 52.0 Å². The first kappa shape index (κ1) is 14.1. The van der Waals surface area contributed by atoms with Crippen LogP contribution in [0.1, 0.15) is 58.0 Å². The van der Waals surface area contributed by atoms with Gasteiger partial charge in [0.05, 0.1) is 0 Å². The van der Waals surface area contributed by atoms with Crippen LogP contribution in [0, 0.1) is 5.92 Å². The summed E-state index contributed by atoms with van der Waals surface area (Å²) in [5, 5.41) is 0. The number of imidazole rings is 1. The molecule has 0 aromatic carbocycles. The van der Waals surface area contributed by atoms with E-state index in [-0.39, 0.29) is 0 Å². The highest BCUT2D eigenvalue weighted by Gasteiger charge is 2.27. The average molecular weight is 275 g/mol. The highest BCUT2D eigenvalue weighted by atomic mass is 15.2. The van der Waals surface area contributed by atoms with Crippen molar-refractivity contribution in [2.45, 2.75) is 77.9 Å². The first-order valence-corrected chi connectivity index (χ1v) is 8.44. The second-order valence-corrected chi connectivity index (χ2v) is 7.10. The SMILES string of the molecule is CC1CCn2c(cnc2CC2CCCCN2C(C)C)C1. The normalized spacial score (nSPS) is 27.8. The average Bonchev–Trinajstić information content (AvgIpc) is 2.81. The van der Waals surface area contributed by atoms with Crippen LogP contribution in [0.25, 0.3) is 0 Å². The van der Waals surface area contributed by atoms with E-state index in [1.54, 1.807) is 0 Å². The molecule has 2 aliphatic rings. The number of likely N-dealkylation sites (tertiary alicyclic amines) is 1. The van der Waals surface area contributed by atoms with Gasteiger partial charge in [0.1, 0.15) is 5.82 Å². The Kier molecular flexibility index (Phi) is 4.16. The zero-order valence-electron chi connectivity index (χ0n) is 13.3. The highest BCUT2D eigenvalue weighted by molar-refractivity contribution is 5.10. The van der Waals surface area contributed by atoms with E-state index in [2.05, 4.69) is 36.4 Å². The largest absolute Gasteiger partial charge is 0.332 e. The van der Waals surface area contributed by atoms with Crippen molar-refractivity contribution in [1.29, 1.82) is 0 Å². The minimum atomic E-state index is 0.663. The first-order chi connectivity index (χ1) is 9.65. The molecule has 1 saturated heterocycles. The van der Waals surface area contributed by atoms with Crippen molar-refractivity contribution < 1.29 is 0 Å². The quantitative estimate of drug-likeness (QED) is 0.844. The number of nitrogens with zero attached hydrogens (tertiary/aromatic N) is 3. The van der Waals surface area contributed by atoms with Gasteiger partial charge < -0.3 is 4.57 Å². The van der Waals surface area contributed by atoms with Gasteiger partial charge in [-0.1, -0.05) is 13.3 Å². The van der Waals surface area contributed by atoms with Crippen LogP contribution in [0.4, 0.5) is 0 Å². The number of hydrogen-bond acceptors (Lipinski definition) is 2. The van der Waals surface area contributed by atoms with E-state index in [0.29, 0.717) is 12.1 Å². The van der Waals surface area contributed by atoms with Gasteiger partial charge in [-0.15, -0.1) is 0 Å². The van der Waals surface area contributed by atoms with Crippen LogP contribution in [0.5, 0.6) is 0 Å². The Morgan fingerprint density at radius 1 is 1.25 bits per heavy atom. The van der Waals surface area contributed by atoms with Crippen molar-refractivity contribution in [3.63, 3.8) is 0 Å². The molecular formula is C17H29N3. The van der Waals surface area contributed by atoms with Crippen LogP contribution >= 0.6 is 0 Å². The summed E-state index contributed by atoms with van der Waals surface area (Å²) in [6.07, 6.45) is 9.90. The maximum Gasteiger partial charge on any atom is 0.110 e. The summed E-state index contributed by atoms with van der Waals surface area (Å²) >= 11 is 0. The van der Waals surface area contributed by atoms with E-state index in [9.17, 15) is 0 Å². The Labute approximate surface area is 123 Å². The minimum Gasteiger partial charge on any atom is -0.332 e.